The number of nitrogens with zero attached hydrogens (tertiary/aromatic N) is 2. The lowest BCUT2D eigenvalue weighted by Gasteiger charge is -2.07. The first-order valence-corrected chi connectivity index (χ1v) is 8.17. The highest BCUT2D eigenvalue weighted by atomic mass is 35.5. The van der Waals surface area contributed by atoms with E-state index in [9.17, 15) is 8.42 Å². The van der Waals surface area contributed by atoms with E-state index in [1.165, 1.54) is 24.3 Å². The summed E-state index contributed by atoms with van der Waals surface area (Å²) in [5.74, 6) is 0.233. The van der Waals surface area contributed by atoms with E-state index in [4.69, 9.17) is 15.8 Å². The Kier molecular flexibility index (Phi) is 5.05. The van der Waals surface area contributed by atoms with Gasteiger partial charge in [-0.15, -0.1) is 0 Å². The zero-order valence-electron chi connectivity index (χ0n) is 12.1. The third kappa shape index (κ3) is 4.47. The monoisotopic (exact) mass is 338 g/mol. The minimum atomic E-state index is -3.87. The van der Waals surface area contributed by atoms with Crippen LogP contribution in [-0.2, 0) is 10.1 Å². The molecule has 0 saturated heterocycles. The Labute approximate surface area is 134 Å². The van der Waals surface area contributed by atoms with Gasteiger partial charge in [-0.3, -0.25) is 0 Å². The molecule has 0 radical (unpaired) electrons. The van der Waals surface area contributed by atoms with E-state index in [1.54, 1.807) is 35.5 Å². The maximum atomic E-state index is 12.1. The van der Waals surface area contributed by atoms with Crippen molar-refractivity contribution in [3.05, 3.63) is 59.1 Å². The average Bonchev–Trinajstić information content (AvgIpc) is 2.46. The average molecular weight is 339 g/mol. The molecule has 0 aromatic heterocycles. The second-order valence-electron chi connectivity index (χ2n) is 4.65. The summed E-state index contributed by atoms with van der Waals surface area (Å²) in [6.07, 6.45) is 1.66. The quantitative estimate of drug-likeness (QED) is 0.477. The molecule has 0 aliphatic heterocycles. The molecule has 0 atom stereocenters. The van der Waals surface area contributed by atoms with E-state index in [0.717, 1.165) is 5.56 Å². The lowest BCUT2D eigenvalue weighted by atomic mass is 10.2. The molecule has 0 saturated carbocycles. The van der Waals surface area contributed by atoms with Crippen LogP contribution in [0.1, 0.15) is 5.56 Å². The summed E-state index contributed by atoms with van der Waals surface area (Å²) in [5.41, 5.74) is 0.838. The molecule has 2 rings (SSSR count). The van der Waals surface area contributed by atoms with Gasteiger partial charge in [-0.25, -0.2) is 0 Å². The molecule has 0 N–H and O–H groups in total. The second-order valence-corrected chi connectivity index (χ2v) is 6.63. The van der Waals surface area contributed by atoms with Gasteiger partial charge in [-0.2, -0.15) is 13.5 Å². The molecule has 0 unspecified atom stereocenters. The summed E-state index contributed by atoms with van der Waals surface area (Å²) in [5, 5.41) is 6.22. The minimum Gasteiger partial charge on any atom is -0.379 e. The first kappa shape index (κ1) is 16.3. The lowest BCUT2D eigenvalue weighted by molar-refractivity contribution is 0.440. The van der Waals surface area contributed by atoms with Gasteiger partial charge in [0.1, 0.15) is 10.6 Å². The number of hydrogen-bond donors (Lipinski definition) is 0. The standard InChI is InChI=1S/C15H15ClN2O3S/c1-18(2)17-11-12-3-7-14(8-4-12)21-22(19,20)15-9-5-13(16)6-10-15/h3-11H,1-2H3/b17-11+. The summed E-state index contributed by atoms with van der Waals surface area (Å²) in [6, 6.07) is 12.4. The zero-order valence-corrected chi connectivity index (χ0v) is 13.7. The smallest absolute Gasteiger partial charge is 0.339 e. The molecule has 7 heteroatoms. The summed E-state index contributed by atoms with van der Waals surface area (Å²) in [7, 11) is -0.245. The van der Waals surface area contributed by atoms with Crippen LogP contribution in [0.4, 0.5) is 0 Å². The van der Waals surface area contributed by atoms with Crippen molar-refractivity contribution in [2.24, 2.45) is 5.10 Å². The third-order valence-electron chi connectivity index (χ3n) is 2.63. The van der Waals surface area contributed by atoms with Crippen LogP contribution < -0.4 is 4.18 Å². The van der Waals surface area contributed by atoms with Crippen LogP contribution in [0.5, 0.6) is 5.75 Å². The molecule has 0 aliphatic carbocycles. The van der Waals surface area contributed by atoms with Crippen molar-refractivity contribution in [2.75, 3.05) is 14.1 Å². The third-order valence-corrected chi connectivity index (χ3v) is 4.14. The Balaban J connectivity index is 2.14. The van der Waals surface area contributed by atoms with E-state index in [1.807, 2.05) is 14.1 Å². The first-order valence-electron chi connectivity index (χ1n) is 6.38. The second kappa shape index (κ2) is 6.81. The highest BCUT2D eigenvalue weighted by molar-refractivity contribution is 7.87. The molecule has 2 aromatic rings. The highest BCUT2D eigenvalue weighted by Gasteiger charge is 2.16. The summed E-state index contributed by atoms with van der Waals surface area (Å²) < 4.78 is 29.3. The Morgan fingerprint density at radius 2 is 1.64 bits per heavy atom. The van der Waals surface area contributed by atoms with Crippen LogP contribution in [0.15, 0.2) is 58.5 Å². The maximum absolute atomic E-state index is 12.1. The van der Waals surface area contributed by atoms with Gasteiger partial charge in [0, 0.05) is 19.1 Å². The summed E-state index contributed by atoms with van der Waals surface area (Å²) in [4.78, 5) is 0.0511. The van der Waals surface area contributed by atoms with Gasteiger partial charge < -0.3 is 9.19 Å². The van der Waals surface area contributed by atoms with Gasteiger partial charge in [0.25, 0.3) is 0 Å². The molecule has 0 bridgehead atoms. The Morgan fingerprint density at radius 3 is 2.18 bits per heavy atom. The molecular weight excluding hydrogens is 324 g/mol. The van der Waals surface area contributed by atoms with Crippen molar-refractivity contribution >= 4 is 27.9 Å². The Bertz CT molecular complexity index is 754. The number of rotatable bonds is 5. The lowest BCUT2D eigenvalue weighted by Crippen LogP contribution is -2.09. The SMILES string of the molecule is CN(C)/N=C/c1ccc(OS(=O)(=O)c2ccc(Cl)cc2)cc1. The van der Waals surface area contributed by atoms with Crippen molar-refractivity contribution in [3.8, 4) is 5.75 Å². The molecule has 0 amide bonds. The van der Waals surface area contributed by atoms with E-state index >= 15 is 0 Å². The van der Waals surface area contributed by atoms with Gasteiger partial charge in [-0.1, -0.05) is 11.6 Å². The van der Waals surface area contributed by atoms with Crippen LogP contribution in [-0.4, -0.2) is 33.7 Å². The Morgan fingerprint density at radius 1 is 1.05 bits per heavy atom. The van der Waals surface area contributed by atoms with E-state index in [0.29, 0.717) is 5.02 Å². The van der Waals surface area contributed by atoms with Crippen LogP contribution in [0.3, 0.4) is 0 Å². The molecule has 5 nitrogen and oxygen atoms in total. The van der Waals surface area contributed by atoms with Crippen molar-refractivity contribution in [2.45, 2.75) is 4.90 Å². The summed E-state index contributed by atoms with van der Waals surface area (Å²) in [6.45, 7) is 0. The van der Waals surface area contributed by atoms with E-state index in [-0.39, 0.29) is 10.6 Å². The van der Waals surface area contributed by atoms with Crippen LogP contribution in [0.2, 0.25) is 5.02 Å². The van der Waals surface area contributed by atoms with Crippen molar-refractivity contribution < 1.29 is 12.6 Å². The van der Waals surface area contributed by atoms with Crippen molar-refractivity contribution in [3.63, 3.8) is 0 Å². The fourth-order valence-electron chi connectivity index (χ4n) is 1.57. The normalized spacial score (nSPS) is 11.6. The molecule has 0 heterocycles. The zero-order chi connectivity index (χ0) is 16.2. The topological polar surface area (TPSA) is 59.0 Å². The van der Waals surface area contributed by atoms with E-state index < -0.39 is 10.1 Å². The summed E-state index contributed by atoms with van der Waals surface area (Å²) >= 11 is 5.74. The van der Waals surface area contributed by atoms with Crippen LogP contribution >= 0.6 is 11.6 Å². The molecule has 0 spiro atoms. The molecule has 0 fully saturated rings. The van der Waals surface area contributed by atoms with Crippen LogP contribution in [0.25, 0.3) is 0 Å². The van der Waals surface area contributed by atoms with Gasteiger partial charge in [0.15, 0.2) is 0 Å². The van der Waals surface area contributed by atoms with Gasteiger partial charge in [-0.05, 0) is 54.1 Å². The van der Waals surface area contributed by atoms with Crippen LogP contribution in [0, 0.1) is 0 Å². The molecule has 116 valence electrons. The minimum absolute atomic E-state index is 0.0511. The number of halogens is 1. The maximum Gasteiger partial charge on any atom is 0.339 e. The van der Waals surface area contributed by atoms with E-state index in [2.05, 4.69) is 5.10 Å². The predicted octanol–water partition coefficient (Wildman–Crippen LogP) is 3.00. The first-order chi connectivity index (χ1) is 10.4. The number of benzene rings is 2. The number of hydrogen-bond acceptors (Lipinski definition) is 5. The number of hydrazone groups is 1. The molecule has 22 heavy (non-hydrogen) atoms. The largest absolute Gasteiger partial charge is 0.379 e. The fraction of sp³-hybridized carbons (Fsp3) is 0.133. The predicted molar refractivity (Wildman–Crippen MR) is 87.0 cm³/mol. The van der Waals surface area contributed by atoms with Crippen molar-refractivity contribution in [1.29, 1.82) is 0 Å². The fourth-order valence-corrected chi connectivity index (χ4v) is 2.62. The molecule has 2 aromatic carbocycles. The van der Waals surface area contributed by atoms with Gasteiger partial charge in [0.2, 0.25) is 0 Å². The van der Waals surface area contributed by atoms with Gasteiger partial charge >= 0.3 is 10.1 Å². The van der Waals surface area contributed by atoms with Gasteiger partial charge in [0.05, 0.1) is 6.21 Å². The van der Waals surface area contributed by atoms with Crippen molar-refractivity contribution in [1.82, 2.24) is 5.01 Å². The highest BCUT2D eigenvalue weighted by Crippen LogP contribution is 2.20. The molecular formula is C15H15ClN2O3S. The molecule has 0 aliphatic rings. The Hall–Kier alpha value is -2.05.